The van der Waals surface area contributed by atoms with Gasteiger partial charge in [-0.1, -0.05) is 103 Å². The molecule has 16 atom stereocenters. The van der Waals surface area contributed by atoms with Crippen LogP contribution in [0.3, 0.4) is 0 Å². The van der Waals surface area contributed by atoms with Crippen molar-refractivity contribution in [2.75, 3.05) is 12.3 Å². The number of rotatable bonds is 16. The Labute approximate surface area is 367 Å². The van der Waals surface area contributed by atoms with Crippen LogP contribution in [0.5, 0.6) is 0 Å². The van der Waals surface area contributed by atoms with E-state index in [1.807, 2.05) is 0 Å². The van der Waals surface area contributed by atoms with Gasteiger partial charge in [-0.2, -0.15) is 0 Å². The number of hydrogen-bond donors (Lipinski definition) is 0. The summed E-state index contributed by atoms with van der Waals surface area (Å²) < 4.78 is 21.3. The van der Waals surface area contributed by atoms with E-state index in [9.17, 15) is 8.42 Å². The Morgan fingerprint density at radius 1 is 0.698 bits per heavy atom. The molecule has 22 heteroatoms. The van der Waals surface area contributed by atoms with E-state index in [0.29, 0.717) is 15.8 Å². The van der Waals surface area contributed by atoms with Crippen LogP contribution >= 0.6 is 127 Å². The summed E-state index contributed by atoms with van der Waals surface area (Å²) in [6.45, 7) is 9.09. The fraction of sp³-hybridized carbons (Fsp3) is 1.00. The molecule has 1 spiro atoms. The van der Waals surface area contributed by atoms with Gasteiger partial charge in [0.15, 0.2) is 0 Å². The number of unbranched alkanes of at least 4 members (excludes halogenated alkanes) is 2. The summed E-state index contributed by atoms with van der Waals surface area (Å²) in [5.41, 5.74) is 3.64. The maximum absolute atomic E-state index is 10.6. The standard InChI is InChI=1S/C16H29P.C15H29P.2H7OP7S2/c1-13(2)7-3-4-12-17-15-10-5-8-14-9-6-11-16(14,15)17;1-13(2)7-5-6-12-16-14-8-3-4-9-15(16)11-10-14;2*1-10(9)6-8(5-2)7(3)4/h13-15H,3-12H2,1-2H3;13-15H,3-12H2,1-2H3;2*5H,2-4H2. The van der Waals surface area contributed by atoms with Crippen LogP contribution in [-0.2, 0) is 39.5 Å². The van der Waals surface area contributed by atoms with E-state index >= 15 is 0 Å². The fourth-order valence-electron chi connectivity index (χ4n) is 8.93. The Balaban J connectivity index is 0.000000253. The summed E-state index contributed by atoms with van der Waals surface area (Å²) in [7, 11) is 18.9. The molecule has 5 aliphatic rings. The van der Waals surface area contributed by atoms with Gasteiger partial charge < -0.3 is 0 Å². The first-order chi connectivity index (χ1) is 25.2. The second-order valence-corrected chi connectivity index (χ2v) is 73.3. The normalized spacial score (nSPS) is 30.1. The van der Waals surface area contributed by atoms with Gasteiger partial charge in [0.1, 0.15) is 17.1 Å². The molecule has 0 aromatic carbocycles. The van der Waals surface area contributed by atoms with Crippen LogP contribution in [0.15, 0.2) is 0 Å². The highest BCUT2D eigenvalue weighted by atomic mass is 33.2. The molecule has 0 amide bonds. The molecule has 2 aliphatic carbocycles. The quantitative estimate of drug-likeness (QED) is 0.114. The lowest BCUT2D eigenvalue weighted by Gasteiger charge is -2.24. The first-order valence-electron chi connectivity index (χ1n) is 19.4. The molecule has 0 radical (unpaired) electrons. The second kappa shape index (κ2) is 31.9. The SMILES string of the molecule is CC(C)CCCCP1C2CCCC3CCCC321.CC(C)CCCCP1C2CCCCC1CC2.O=S(=S)=PP(PP)P(P)P.O=S(=S)=PP(PP)P(P)P. The summed E-state index contributed by atoms with van der Waals surface area (Å²) in [6, 6.07) is 0. The lowest BCUT2D eigenvalue weighted by atomic mass is 9.82. The first kappa shape index (κ1) is 56.2. The lowest BCUT2D eigenvalue weighted by Crippen LogP contribution is -2.24. The average molecular weight is 1100 g/mol. The van der Waals surface area contributed by atoms with Gasteiger partial charge in [-0.3, -0.25) is 0 Å². The van der Waals surface area contributed by atoms with Crippen molar-refractivity contribution in [2.45, 2.75) is 165 Å². The monoisotopic (exact) mass is 1100 g/mol. The van der Waals surface area contributed by atoms with Crippen LogP contribution in [0.1, 0.15) is 143 Å². The van der Waals surface area contributed by atoms with Gasteiger partial charge in [-0.15, -0.1) is 61.5 Å². The third kappa shape index (κ3) is 21.8. The highest BCUT2D eigenvalue weighted by molar-refractivity contribution is 9.02. The zero-order valence-electron chi connectivity index (χ0n) is 32.6. The maximum atomic E-state index is 10.6. The minimum atomic E-state index is -1.05. The molecule has 2 bridgehead atoms. The molecule has 312 valence electrons. The van der Waals surface area contributed by atoms with Crippen molar-refractivity contribution >= 4 is 167 Å². The van der Waals surface area contributed by atoms with Crippen molar-refractivity contribution in [3.8, 4) is 0 Å². The van der Waals surface area contributed by atoms with Crippen LogP contribution in [0.4, 0.5) is 0 Å². The number of fused-ring (bicyclic) bond motifs is 2. The third-order valence-corrected chi connectivity index (χ3v) is 91.8. The molecule has 2 saturated carbocycles. The average Bonchev–Trinajstić information content (AvgIpc) is 3.33. The molecular formula is C31H72O2P16S4. The van der Waals surface area contributed by atoms with E-state index in [0.717, 1.165) is 47.0 Å². The smallest absolute Gasteiger partial charge is 0.101 e. The van der Waals surface area contributed by atoms with E-state index < -0.39 is 17.1 Å². The highest BCUT2D eigenvalue weighted by Gasteiger charge is 2.68. The molecule has 5 rings (SSSR count). The predicted molar refractivity (Wildman–Crippen MR) is 301 cm³/mol. The predicted octanol–water partition coefficient (Wildman–Crippen LogP) is 18.4. The summed E-state index contributed by atoms with van der Waals surface area (Å²) in [4.78, 5) is 0. The highest BCUT2D eigenvalue weighted by Crippen LogP contribution is 2.94. The fourth-order valence-corrected chi connectivity index (χ4v) is 102. The summed E-state index contributed by atoms with van der Waals surface area (Å²) in [5.74, 6) is 3.03. The zero-order valence-corrected chi connectivity index (χ0v) is 51.9. The van der Waals surface area contributed by atoms with Gasteiger partial charge in [0.25, 0.3) is 0 Å². The van der Waals surface area contributed by atoms with Crippen molar-refractivity contribution in [3.05, 3.63) is 0 Å². The van der Waals surface area contributed by atoms with Crippen LogP contribution in [0.25, 0.3) is 0 Å². The van der Waals surface area contributed by atoms with Gasteiger partial charge in [0.05, 0.1) is 0 Å². The topological polar surface area (TPSA) is 34.1 Å². The Morgan fingerprint density at radius 3 is 1.58 bits per heavy atom. The van der Waals surface area contributed by atoms with Crippen LogP contribution < -0.4 is 0 Å². The van der Waals surface area contributed by atoms with E-state index in [4.69, 9.17) is 0 Å². The summed E-state index contributed by atoms with van der Waals surface area (Å²) in [6.07, 6.45) is 31.3. The zero-order chi connectivity index (χ0) is 39.6. The molecule has 16 unspecified atom stereocenters. The molecule has 53 heavy (non-hydrogen) atoms. The Kier molecular flexibility index (Phi) is 33.8. The van der Waals surface area contributed by atoms with E-state index in [2.05, 4.69) is 104 Å². The molecule has 0 aromatic heterocycles. The van der Waals surface area contributed by atoms with Crippen molar-refractivity contribution in [3.63, 3.8) is 0 Å². The van der Waals surface area contributed by atoms with Crippen LogP contribution in [0, 0.1) is 17.8 Å². The summed E-state index contributed by atoms with van der Waals surface area (Å²) in [5, 5.41) is 0.978. The minimum absolute atomic E-state index is 0.0789. The molecular weight excluding hydrogens is 1030 g/mol. The molecule has 2 nitrogen and oxygen atoms in total. The van der Waals surface area contributed by atoms with Crippen LogP contribution in [-0.4, -0.2) is 42.9 Å². The lowest BCUT2D eigenvalue weighted by molar-refractivity contribution is 0.362. The van der Waals surface area contributed by atoms with Gasteiger partial charge >= 0.3 is 0 Å². The second-order valence-electron chi connectivity index (χ2n) is 15.6. The largest absolute Gasteiger partial charge is 0.209 e. The molecule has 5 fully saturated rings. The van der Waals surface area contributed by atoms with E-state index in [1.54, 1.807) is 95.8 Å². The van der Waals surface area contributed by atoms with Gasteiger partial charge in [-0.25, -0.2) is 8.42 Å². The van der Waals surface area contributed by atoms with Crippen LogP contribution in [0.2, 0.25) is 0 Å². The molecule has 3 aliphatic heterocycles. The van der Waals surface area contributed by atoms with Gasteiger partial charge in [-0.05, 0) is 125 Å². The van der Waals surface area contributed by atoms with E-state index in [1.165, 1.54) is 55.0 Å². The maximum Gasteiger partial charge on any atom is 0.101 e. The van der Waals surface area contributed by atoms with Crippen molar-refractivity contribution in [1.82, 2.24) is 0 Å². The van der Waals surface area contributed by atoms with Gasteiger partial charge in [0.2, 0.25) is 0 Å². The molecule has 3 heterocycles. The Morgan fingerprint density at radius 2 is 1.17 bits per heavy atom. The van der Waals surface area contributed by atoms with E-state index in [-0.39, 0.29) is 27.9 Å². The third-order valence-electron chi connectivity index (χ3n) is 11.2. The number of hydrogen-bond acceptors (Lipinski definition) is 4. The van der Waals surface area contributed by atoms with Gasteiger partial charge in [0, 0.05) is 55.6 Å². The molecule has 0 N–H and O–H groups in total. The molecule has 3 saturated heterocycles. The Bertz CT molecular complexity index is 1230. The first-order valence-corrected chi connectivity index (χ1v) is 51.8. The minimum Gasteiger partial charge on any atom is -0.209 e. The Hall–Kier alpha value is 7.10. The van der Waals surface area contributed by atoms with Crippen molar-refractivity contribution in [1.29, 1.82) is 0 Å². The van der Waals surface area contributed by atoms with Crippen molar-refractivity contribution in [2.24, 2.45) is 17.8 Å². The van der Waals surface area contributed by atoms with Crippen molar-refractivity contribution < 1.29 is 8.42 Å². The summed E-state index contributed by atoms with van der Waals surface area (Å²) >= 11 is 9.21. The molecule has 0 aromatic rings.